The van der Waals surface area contributed by atoms with Gasteiger partial charge >= 0.3 is 0 Å². The average Bonchev–Trinajstić information content (AvgIpc) is 3.48. The number of carbonyl (C=O) groups excluding carboxylic acids is 1. The Hall–Kier alpha value is -3.57. The zero-order chi connectivity index (χ0) is 24.1. The van der Waals surface area contributed by atoms with Crippen LogP contribution in [0.15, 0.2) is 36.8 Å². The summed E-state index contributed by atoms with van der Waals surface area (Å²) in [4.78, 5) is 22.3. The molecule has 35 heavy (non-hydrogen) atoms. The number of rotatable bonds is 5. The van der Waals surface area contributed by atoms with E-state index in [0.717, 1.165) is 17.4 Å². The Kier molecular flexibility index (Phi) is 5.37. The lowest BCUT2D eigenvalue weighted by Gasteiger charge is -2.32. The molecule has 4 aromatic heterocycles. The summed E-state index contributed by atoms with van der Waals surface area (Å²) < 4.78 is 23.5. The molecule has 0 aromatic carbocycles. The summed E-state index contributed by atoms with van der Waals surface area (Å²) in [5.74, 6) is 0.314. The third-order valence-electron chi connectivity index (χ3n) is 7.00. The highest BCUT2D eigenvalue weighted by molar-refractivity contribution is 6.01. The molecule has 1 saturated carbocycles. The van der Waals surface area contributed by atoms with E-state index in [0.29, 0.717) is 47.8 Å². The highest BCUT2D eigenvalue weighted by Gasteiger charge is 2.32. The van der Waals surface area contributed by atoms with Crippen LogP contribution in [0.4, 0.5) is 10.2 Å². The van der Waals surface area contributed by atoms with Crippen molar-refractivity contribution < 1.29 is 19.0 Å². The number of hydrogen-bond donors (Lipinski definition) is 3. The smallest absolute Gasteiger partial charge is 0.257 e. The standard InChI is InChI=1S/C24H26FN7O3/c1-26-21-9-18(29-23-14(10-28-32(21)23)24(34)30-17-4-5-20(17)33)15-11-31(19-6-8-35-12-16(19)25)22-13(15)3-2-7-27-22/h2-3,7,9-11,16-17,19-20,26,33H,4-6,8,12H2,1H3,(H,30,34)/t16-,17-,19-,20+/m0/s1. The van der Waals surface area contributed by atoms with Crippen LogP contribution in [0.25, 0.3) is 27.9 Å². The Morgan fingerprint density at radius 2 is 2.17 bits per heavy atom. The van der Waals surface area contributed by atoms with Gasteiger partial charge in [0.25, 0.3) is 5.91 Å². The van der Waals surface area contributed by atoms with Gasteiger partial charge in [-0.1, -0.05) is 0 Å². The van der Waals surface area contributed by atoms with Gasteiger partial charge in [-0.3, -0.25) is 4.79 Å². The number of hydrogen-bond acceptors (Lipinski definition) is 7. The van der Waals surface area contributed by atoms with Crippen LogP contribution in [0.3, 0.4) is 0 Å². The summed E-state index contributed by atoms with van der Waals surface area (Å²) in [5.41, 5.74) is 2.78. The lowest BCUT2D eigenvalue weighted by atomic mass is 9.89. The first-order valence-corrected chi connectivity index (χ1v) is 11.8. The number of nitrogens with zero attached hydrogens (tertiary/aromatic N) is 5. The van der Waals surface area contributed by atoms with Gasteiger partial charge in [0.15, 0.2) is 5.65 Å². The molecule has 0 spiro atoms. The Bertz CT molecular complexity index is 1420. The molecular formula is C24H26FN7O3. The summed E-state index contributed by atoms with van der Waals surface area (Å²) in [6.45, 7) is 0.551. The molecule has 2 fully saturated rings. The summed E-state index contributed by atoms with van der Waals surface area (Å²) >= 11 is 0. The van der Waals surface area contributed by atoms with Crippen molar-refractivity contribution in [2.45, 2.75) is 43.6 Å². The highest BCUT2D eigenvalue weighted by atomic mass is 19.1. The van der Waals surface area contributed by atoms with E-state index in [2.05, 4.69) is 20.7 Å². The van der Waals surface area contributed by atoms with Gasteiger partial charge in [-0.05, 0) is 31.4 Å². The van der Waals surface area contributed by atoms with Crippen molar-refractivity contribution in [2.24, 2.45) is 0 Å². The molecule has 4 atom stereocenters. The second kappa shape index (κ2) is 8.58. The van der Waals surface area contributed by atoms with Gasteiger partial charge in [0.05, 0.1) is 36.7 Å². The van der Waals surface area contributed by atoms with Crippen LogP contribution in [0, 0.1) is 0 Å². The Balaban J connectivity index is 1.47. The van der Waals surface area contributed by atoms with Gasteiger partial charge in [-0.2, -0.15) is 9.61 Å². The number of aliphatic hydroxyl groups is 1. The number of halogens is 1. The molecule has 0 unspecified atom stereocenters. The number of fused-ring (bicyclic) bond motifs is 2. The Morgan fingerprint density at radius 3 is 2.91 bits per heavy atom. The second-order valence-corrected chi connectivity index (χ2v) is 9.07. The van der Waals surface area contributed by atoms with Gasteiger partial charge < -0.3 is 25.0 Å². The number of anilines is 1. The Morgan fingerprint density at radius 1 is 1.29 bits per heavy atom. The van der Waals surface area contributed by atoms with E-state index in [1.54, 1.807) is 17.8 Å². The van der Waals surface area contributed by atoms with Gasteiger partial charge in [-0.25, -0.2) is 14.4 Å². The van der Waals surface area contributed by atoms with E-state index in [4.69, 9.17) is 9.72 Å². The normalized spacial score (nSPS) is 24.4. The number of carbonyl (C=O) groups is 1. The van der Waals surface area contributed by atoms with Gasteiger partial charge in [0.2, 0.25) is 0 Å². The maximum absolute atomic E-state index is 14.8. The molecule has 1 saturated heterocycles. The third kappa shape index (κ3) is 3.62. The van der Waals surface area contributed by atoms with Crippen molar-refractivity contribution in [2.75, 3.05) is 25.6 Å². The molecule has 10 nitrogen and oxygen atoms in total. The number of aromatic nitrogens is 5. The minimum Gasteiger partial charge on any atom is -0.391 e. The molecular weight excluding hydrogens is 453 g/mol. The van der Waals surface area contributed by atoms with Crippen LogP contribution in [0.1, 0.15) is 35.7 Å². The molecule has 6 rings (SSSR count). The van der Waals surface area contributed by atoms with Crippen LogP contribution in [-0.4, -0.2) is 73.7 Å². The second-order valence-electron chi connectivity index (χ2n) is 9.07. The highest BCUT2D eigenvalue weighted by Crippen LogP contribution is 2.35. The topological polar surface area (TPSA) is 119 Å². The minimum absolute atomic E-state index is 0.0601. The predicted octanol–water partition coefficient (Wildman–Crippen LogP) is 2.34. The number of aliphatic hydroxyl groups excluding tert-OH is 1. The van der Waals surface area contributed by atoms with Crippen molar-refractivity contribution in [1.29, 1.82) is 0 Å². The Labute approximate surface area is 200 Å². The first-order valence-electron chi connectivity index (χ1n) is 11.8. The quantitative estimate of drug-likeness (QED) is 0.402. The fraction of sp³-hybridized carbons (Fsp3) is 0.417. The van der Waals surface area contributed by atoms with E-state index in [1.165, 1.54) is 6.20 Å². The maximum Gasteiger partial charge on any atom is 0.257 e. The number of pyridine rings is 1. The van der Waals surface area contributed by atoms with Gasteiger partial charge in [-0.15, -0.1) is 0 Å². The number of alkyl halides is 1. The molecule has 3 N–H and O–H groups in total. The van der Waals surface area contributed by atoms with Crippen molar-refractivity contribution in [3.05, 3.63) is 42.4 Å². The minimum atomic E-state index is -1.13. The van der Waals surface area contributed by atoms with Crippen molar-refractivity contribution in [3.8, 4) is 11.3 Å². The van der Waals surface area contributed by atoms with E-state index < -0.39 is 12.3 Å². The van der Waals surface area contributed by atoms with Crippen molar-refractivity contribution in [1.82, 2.24) is 29.5 Å². The number of amides is 1. The van der Waals surface area contributed by atoms with E-state index in [9.17, 15) is 14.3 Å². The molecule has 1 aliphatic carbocycles. The molecule has 1 amide bonds. The lowest BCUT2D eigenvalue weighted by molar-refractivity contribution is 0.00443. The van der Waals surface area contributed by atoms with E-state index in [1.807, 2.05) is 29.0 Å². The monoisotopic (exact) mass is 479 g/mol. The summed E-state index contributed by atoms with van der Waals surface area (Å²) in [5, 5.41) is 21.0. The largest absolute Gasteiger partial charge is 0.391 e. The lowest BCUT2D eigenvalue weighted by Crippen LogP contribution is -2.50. The molecule has 1 aliphatic heterocycles. The van der Waals surface area contributed by atoms with Crippen LogP contribution < -0.4 is 10.6 Å². The molecule has 11 heteroatoms. The molecule has 0 radical (unpaired) electrons. The number of ether oxygens (including phenoxy) is 1. The fourth-order valence-electron chi connectivity index (χ4n) is 4.88. The van der Waals surface area contributed by atoms with Gasteiger partial charge in [0, 0.05) is 43.1 Å². The SMILES string of the molecule is CNc1cc(-c2cn([C@H]3CCOC[C@@H]3F)c3ncccc23)nc2c(C(=O)N[C@H]3CC[C@H]3O)cnn12. The van der Waals surface area contributed by atoms with Crippen LogP contribution >= 0.6 is 0 Å². The molecule has 0 bridgehead atoms. The average molecular weight is 480 g/mol. The summed E-state index contributed by atoms with van der Waals surface area (Å²) in [7, 11) is 1.77. The summed E-state index contributed by atoms with van der Waals surface area (Å²) in [6, 6.07) is 4.98. The first kappa shape index (κ1) is 21.9. The van der Waals surface area contributed by atoms with E-state index in [-0.39, 0.29) is 24.6 Å². The fourth-order valence-corrected chi connectivity index (χ4v) is 4.88. The van der Waals surface area contributed by atoms with Crippen molar-refractivity contribution in [3.63, 3.8) is 0 Å². The zero-order valence-electron chi connectivity index (χ0n) is 19.2. The maximum atomic E-state index is 14.8. The van der Waals surface area contributed by atoms with Crippen LogP contribution in [0.5, 0.6) is 0 Å². The third-order valence-corrected chi connectivity index (χ3v) is 7.00. The molecule has 5 heterocycles. The van der Waals surface area contributed by atoms with E-state index >= 15 is 0 Å². The molecule has 2 aliphatic rings. The molecule has 4 aromatic rings. The first-order chi connectivity index (χ1) is 17.0. The number of nitrogens with one attached hydrogen (secondary N) is 2. The summed E-state index contributed by atoms with van der Waals surface area (Å²) in [6.07, 6.45) is 5.36. The van der Waals surface area contributed by atoms with Gasteiger partial charge in [0.1, 0.15) is 23.2 Å². The predicted molar refractivity (Wildman–Crippen MR) is 127 cm³/mol. The van der Waals surface area contributed by atoms with Crippen molar-refractivity contribution >= 4 is 28.4 Å². The zero-order valence-corrected chi connectivity index (χ0v) is 19.2. The molecule has 182 valence electrons. The van der Waals surface area contributed by atoms with Crippen LogP contribution in [-0.2, 0) is 4.74 Å². The van der Waals surface area contributed by atoms with Crippen LogP contribution in [0.2, 0.25) is 0 Å².